The lowest BCUT2D eigenvalue weighted by atomic mass is 10.4. The van der Waals surface area contributed by atoms with Gasteiger partial charge in [-0.25, -0.2) is 23.1 Å². The van der Waals surface area contributed by atoms with Crippen molar-refractivity contribution >= 4 is 38.9 Å². The lowest BCUT2D eigenvalue weighted by Crippen LogP contribution is -2.23. The Morgan fingerprint density at radius 3 is 2.70 bits per heavy atom. The van der Waals surface area contributed by atoms with Crippen LogP contribution in [0.4, 0.5) is 5.95 Å². The number of anilines is 1. The Morgan fingerprint density at radius 2 is 2.10 bits per heavy atom. The van der Waals surface area contributed by atoms with Gasteiger partial charge >= 0.3 is 0 Å². The molecular formula is C11H13ClN4O2S2. The summed E-state index contributed by atoms with van der Waals surface area (Å²) in [6.45, 7) is 0.0984. The Bertz CT molecular complexity index is 700. The molecule has 0 atom stereocenters. The van der Waals surface area contributed by atoms with E-state index in [-0.39, 0.29) is 10.8 Å². The average Bonchev–Trinajstić information content (AvgIpc) is 2.84. The van der Waals surface area contributed by atoms with Gasteiger partial charge in [0.05, 0.1) is 16.6 Å². The van der Waals surface area contributed by atoms with E-state index in [2.05, 4.69) is 14.7 Å². The highest BCUT2D eigenvalue weighted by Crippen LogP contribution is 2.25. The number of hydrogen-bond acceptors (Lipinski definition) is 6. The van der Waals surface area contributed by atoms with Gasteiger partial charge in [-0.1, -0.05) is 11.6 Å². The first-order valence-corrected chi connectivity index (χ1v) is 8.30. The van der Waals surface area contributed by atoms with Crippen molar-refractivity contribution in [3.05, 3.63) is 34.4 Å². The highest BCUT2D eigenvalue weighted by molar-refractivity contribution is 7.91. The number of aromatic nitrogens is 2. The number of sulfonamides is 1. The van der Waals surface area contributed by atoms with Crippen LogP contribution in [0.1, 0.15) is 5.69 Å². The largest absolute Gasteiger partial charge is 0.347 e. The van der Waals surface area contributed by atoms with Crippen molar-refractivity contribution < 1.29 is 8.42 Å². The molecule has 0 spiro atoms. The number of nitrogens with zero attached hydrogens (tertiary/aromatic N) is 3. The lowest BCUT2D eigenvalue weighted by Gasteiger charge is -2.11. The second-order valence-electron chi connectivity index (χ2n) is 4.13. The fourth-order valence-electron chi connectivity index (χ4n) is 1.38. The van der Waals surface area contributed by atoms with E-state index < -0.39 is 10.0 Å². The molecule has 0 radical (unpaired) electrons. The number of nitrogens with one attached hydrogen (secondary N) is 1. The van der Waals surface area contributed by atoms with Gasteiger partial charge in [-0.15, -0.1) is 11.3 Å². The van der Waals surface area contributed by atoms with Gasteiger partial charge in [0.25, 0.3) is 0 Å². The van der Waals surface area contributed by atoms with Gasteiger partial charge in [0.15, 0.2) is 0 Å². The van der Waals surface area contributed by atoms with Crippen LogP contribution >= 0.6 is 22.9 Å². The summed E-state index contributed by atoms with van der Waals surface area (Å²) in [5, 5.41) is 0. The van der Waals surface area contributed by atoms with Crippen molar-refractivity contribution in [1.29, 1.82) is 0 Å². The molecule has 2 aromatic heterocycles. The van der Waals surface area contributed by atoms with Crippen molar-refractivity contribution in [3.63, 3.8) is 0 Å². The molecule has 0 aliphatic heterocycles. The van der Waals surface area contributed by atoms with E-state index in [9.17, 15) is 8.42 Å². The second kappa shape index (κ2) is 6.04. The van der Waals surface area contributed by atoms with Crippen molar-refractivity contribution in [2.45, 2.75) is 10.8 Å². The molecule has 0 unspecified atom stereocenters. The molecule has 6 nitrogen and oxygen atoms in total. The maximum atomic E-state index is 12.0. The predicted octanol–water partition coefficient (Wildman–Crippen LogP) is 1.74. The van der Waals surface area contributed by atoms with Crippen LogP contribution in [0.15, 0.2) is 28.6 Å². The standard InChI is InChI=1S/C11H13ClN4O2S2/c1-16(2)11-13-6-5-8(15-11)7-14-20(17,18)10-4-3-9(12)19-10/h3-6,14H,7H2,1-2H3. The summed E-state index contributed by atoms with van der Waals surface area (Å²) in [7, 11) is 0.0721. The maximum absolute atomic E-state index is 12.0. The molecule has 0 aromatic carbocycles. The van der Waals surface area contributed by atoms with E-state index in [1.807, 2.05) is 14.1 Å². The Hall–Kier alpha value is -1.22. The second-order valence-corrected chi connectivity index (χ2v) is 7.83. The number of rotatable bonds is 5. The van der Waals surface area contributed by atoms with E-state index in [0.717, 1.165) is 11.3 Å². The van der Waals surface area contributed by atoms with E-state index in [1.165, 1.54) is 6.07 Å². The van der Waals surface area contributed by atoms with Crippen LogP contribution in [0.3, 0.4) is 0 Å². The van der Waals surface area contributed by atoms with Crippen LogP contribution in [0.25, 0.3) is 0 Å². The predicted molar refractivity (Wildman–Crippen MR) is 79.7 cm³/mol. The molecule has 1 N–H and O–H groups in total. The fraction of sp³-hybridized carbons (Fsp3) is 0.273. The molecule has 0 saturated carbocycles. The van der Waals surface area contributed by atoms with E-state index in [1.54, 1.807) is 23.2 Å². The Kier molecular flexibility index (Phi) is 4.59. The number of halogens is 1. The van der Waals surface area contributed by atoms with Crippen molar-refractivity contribution in [2.24, 2.45) is 0 Å². The molecule has 0 saturated heterocycles. The van der Waals surface area contributed by atoms with Gasteiger partial charge < -0.3 is 4.90 Å². The normalized spacial score (nSPS) is 11.6. The smallest absolute Gasteiger partial charge is 0.250 e. The summed E-state index contributed by atoms with van der Waals surface area (Å²) in [4.78, 5) is 10.1. The van der Waals surface area contributed by atoms with Crippen molar-refractivity contribution in [3.8, 4) is 0 Å². The van der Waals surface area contributed by atoms with Crippen LogP contribution in [-0.4, -0.2) is 32.5 Å². The van der Waals surface area contributed by atoms with Crippen LogP contribution in [0.5, 0.6) is 0 Å². The Morgan fingerprint density at radius 1 is 1.35 bits per heavy atom. The van der Waals surface area contributed by atoms with Gasteiger partial charge in [-0.3, -0.25) is 0 Å². The van der Waals surface area contributed by atoms with Crippen LogP contribution in [0.2, 0.25) is 4.34 Å². The van der Waals surface area contributed by atoms with E-state index >= 15 is 0 Å². The molecule has 0 aliphatic carbocycles. The highest BCUT2D eigenvalue weighted by Gasteiger charge is 2.16. The minimum absolute atomic E-state index is 0.0984. The van der Waals surface area contributed by atoms with Crippen molar-refractivity contribution in [1.82, 2.24) is 14.7 Å². The molecule has 0 amide bonds. The summed E-state index contributed by atoms with van der Waals surface area (Å²) in [5.74, 6) is 0.529. The molecule has 20 heavy (non-hydrogen) atoms. The zero-order chi connectivity index (χ0) is 14.8. The monoisotopic (exact) mass is 332 g/mol. The summed E-state index contributed by atoms with van der Waals surface area (Å²) < 4.78 is 27.2. The van der Waals surface area contributed by atoms with E-state index in [4.69, 9.17) is 11.6 Å². The topological polar surface area (TPSA) is 75.2 Å². The molecule has 9 heteroatoms. The van der Waals surface area contributed by atoms with Gasteiger partial charge in [0.1, 0.15) is 4.21 Å². The summed E-state index contributed by atoms with van der Waals surface area (Å²) >= 11 is 6.75. The molecule has 0 bridgehead atoms. The van der Waals surface area contributed by atoms with Crippen LogP contribution < -0.4 is 9.62 Å². The summed E-state index contributed by atoms with van der Waals surface area (Å²) in [6.07, 6.45) is 1.59. The average molecular weight is 333 g/mol. The van der Waals surface area contributed by atoms with Gasteiger partial charge in [-0.2, -0.15) is 0 Å². The summed E-state index contributed by atoms with van der Waals surface area (Å²) in [6, 6.07) is 4.69. The highest BCUT2D eigenvalue weighted by atomic mass is 35.5. The first-order chi connectivity index (χ1) is 9.38. The zero-order valence-electron chi connectivity index (χ0n) is 10.9. The first kappa shape index (κ1) is 15.2. The Labute approximate surface area is 126 Å². The molecule has 108 valence electrons. The minimum Gasteiger partial charge on any atom is -0.347 e. The third kappa shape index (κ3) is 3.66. The minimum atomic E-state index is -3.56. The third-order valence-corrected chi connectivity index (χ3v) is 5.48. The van der Waals surface area contributed by atoms with Crippen molar-refractivity contribution in [2.75, 3.05) is 19.0 Å². The van der Waals surface area contributed by atoms with Crippen LogP contribution in [0, 0.1) is 0 Å². The SMILES string of the molecule is CN(C)c1nccc(CNS(=O)(=O)c2ccc(Cl)s2)n1. The lowest BCUT2D eigenvalue weighted by molar-refractivity contribution is 0.582. The third-order valence-electron chi connectivity index (χ3n) is 2.36. The zero-order valence-corrected chi connectivity index (χ0v) is 13.3. The van der Waals surface area contributed by atoms with Gasteiger partial charge in [0, 0.05) is 20.3 Å². The maximum Gasteiger partial charge on any atom is 0.250 e. The van der Waals surface area contributed by atoms with Crippen LogP contribution in [-0.2, 0) is 16.6 Å². The number of thiophene rings is 1. The molecular weight excluding hydrogens is 320 g/mol. The Balaban J connectivity index is 2.10. The fourth-order valence-corrected chi connectivity index (χ4v) is 3.91. The molecule has 0 aliphatic rings. The van der Waals surface area contributed by atoms with Gasteiger partial charge in [0.2, 0.25) is 16.0 Å². The van der Waals surface area contributed by atoms with Gasteiger partial charge in [-0.05, 0) is 18.2 Å². The quantitative estimate of drug-likeness (QED) is 0.902. The summed E-state index contributed by atoms with van der Waals surface area (Å²) in [5.41, 5.74) is 0.593. The number of hydrogen-bond donors (Lipinski definition) is 1. The molecule has 2 aromatic rings. The molecule has 2 heterocycles. The molecule has 0 fully saturated rings. The molecule has 2 rings (SSSR count). The first-order valence-electron chi connectivity index (χ1n) is 5.63. The van der Waals surface area contributed by atoms with E-state index in [0.29, 0.717) is 16.0 Å².